The summed E-state index contributed by atoms with van der Waals surface area (Å²) >= 11 is 0. The molecule has 1 aromatic carbocycles. The van der Waals surface area contributed by atoms with Crippen molar-refractivity contribution in [3.63, 3.8) is 0 Å². The van der Waals surface area contributed by atoms with Crippen molar-refractivity contribution in [1.82, 2.24) is 9.80 Å². The van der Waals surface area contributed by atoms with Gasteiger partial charge in [-0.2, -0.15) is 0 Å². The molecule has 2 rings (SSSR count). The van der Waals surface area contributed by atoms with Gasteiger partial charge >= 0.3 is 6.03 Å². The Balaban J connectivity index is 1.97. The fourth-order valence-corrected chi connectivity index (χ4v) is 3.82. The molecule has 4 heteroatoms. The molecule has 1 saturated heterocycles. The van der Waals surface area contributed by atoms with Crippen LogP contribution in [-0.4, -0.2) is 47.5 Å². The van der Waals surface area contributed by atoms with Crippen LogP contribution < -0.4 is 5.32 Å². The molecule has 1 heterocycles. The number of rotatable bonds is 9. The Morgan fingerprint density at radius 2 is 1.81 bits per heavy atom. The van der Waals surface area contributed by atoms with E-state index in [4.69, 9.17) is 0 Å². The van der Waals surface area contributed by atoms with E-state index in [2.05, 4.69) is 61.8 Å². The monoisotopic (exact) mass is 371 g/mol. The average Bonchev–Trinajstić information content (AvgIpc) is 2.71. The number of amides is 2. The summed E-state index contributed by atoms with van der Waals surface area (Å²) in [5, 5.41) is 3.76. The molecule has 2 amide bonds. The van der Waals surface area contributed by atoms with Crippen LogP contribution in [0.5, 0.6) is 0 Å². The zero-order chi connectivity index (χ0) is 19.7. The van der Waals surface area contributed by atoms with E-state index in [-0.39, 0.29) is 11.6 Å². The summed E-state index contributed by atoms with van der Waals surface area (Å²) in [4.78, 5) is 17.0. The van der Waals surface area contributed by atoms with Gasteiger partial charge in [-0.3, -0.25) is 0 Å². The molecule has 150 valence electrons. The average molecular weight is 372 g/mol. The smallest absolute Gasteiger partial charge is 0.319 e. The minimum atomic E-state index is 0.0749. The van der Waals surface area contributed by atoms with E-state index in [1.807, 2.05) is 11.0 Å². The number of nitrogens with zero attached hydrogens (tertiary/aromatic N) is 2. The van der Waals surface area contributed by atoms with Crippen LogP contribution in [0.2, 0.25) is 0 Å². The fraction of sp³-hybridized carbons (Fsp3) is 0.609. The molecule has 0 spiro atoms. The lowest BCUT2D eigenvalue weighted by Gasteiger charge is -2.44. The van der Waals surface area contributed by atoms with Gasteiger partial charge in [0.05, 0.1) is 0 Å². The molecule has 1 N–H and O–H groups in total. The molecule has 1 aliphatic rings. The standard InChI is InChI=1S/C23H37N3O/c1-5-9-17-25(16-6-2)22(27)26-18-14-23(8-4,15-19-26)24-21-12-10-20(7-3)11-13-21/h7,10-13,24H,3,5-6,8-9,14-19H2,1-2,4H3. The maximum absolute atomic E-state index is 12.9. The van der Waals surface area contributed by atoms with E-state index in [0.29, 0.717) is 0 Å². The second-order valence-corrected chi connectivity index (χ2v) is 7.70. The number of hydrogen-bond donors (Lipinski definition) is 1. The van der Waals surface area contributed by atoms with Gasteiger partial charge in [0.2, 0.25) is 0 Å². The summed E-state index contributed by atoms with van der Waals surface area (Å²) in [6, 6.07) is 8.66. The quantitative estimate of drug-likeness (QED) is 0.611. The van der Waals surface area contributed by atoms with Gasteiger partial charge in [0.15, 0.2) is 0 Å². The van der Waals surface area contributed by atoms with Crippen LogP contribution >= 0.6 is 0 Å². The highest BCUT2D eigenvalue weighted by Gasteiger charge is 2.35. The van der Waals surface area contributed by atoms with Crippen LogP contribution in [0.4, 0.5) is 10.5 Å². The number of likely N-dealkylation sites (tertiary alicyclic amines) is 1. The Bertz CT molecular complexity index is 588. The minimum absolute atomic E-state index is 0.0749. The SMILES string of the molecule is C=Cc1ccc(NC2(CC)CCN(C(=O)N(CCC)CCCC)CC2)cc1. The van der Waals surface area contributed by atoms with Crippen LogP contribution in [0.15, 0.2) is 30.8 Å². The van der Waals surface area contributed by atoms with Crippen molar-refractivity contribution < 1.29 is 4.79 Å². The lowest BCUT2D eigenvalue weighted by Crippen LogP contribution is -2.53. The number of carbonyl (C=O) groups excluding carboxylic acids is 1. The fourth-order valence-electron chi connectivity index (χ4n) is 3.82. The second-order valence-electron chi connectivity index (χ2n) is 7.70. The van der Waals surface area contributed by atoms with E-state index in [1.54, 1.807) is 0 Å². The maximum atomic E-state index is 12.9. The van der Waals surface area contributed by atoms with Gasteiger partial charge in [0.25, 0.3) is 0 Å². The van der Waals surface area contributed by atoms with Gasteiger partial charge < -0.3 is 15.1 Å². The summed E-state index contributed by atoms with van der Waals surface area (Å²) < 4.78 is 0. The summed E-state index contributed by atoms with van der Waals surface area (Å²) in [5.41, 5.74) is 2.36. The molecule has 1 fully saturated rings. The summed E-state index contributed by atoms with van der Waals surface area (Å²) in [7, 11) is 0. The molecule has 0 radical (unpaired) electrons. The summed E-state index contributed by atoms with van der Waals surface area (Å²) in [6.07, 6.45) is 8.14. The first-order valence-corrected chi connectivity index (χ1v) is 10.6. The third-order valence-electron chi connectivity index (χ3n) is 5.77. The third kappa shape index (κ3) is 5.75. The first kappa shape index (κ1) is 21.3. The van der Waals surface area contributed by atoms with Crippen molar-refractivity contribution >= 4 is 17.8 Å². The predicted molar refractivity (Wildman–Crippen MR) is 116 cm³/mol. The molecule has 1 aromatic rings. The van der Waals surface area contributed by atoms with E-state index in [0.717, 1.165) is 76.0 Å². The number of unbranched alkanes of at least 4 members (excludes halogenated alkanes) is 1. The molecular formula is C23H37N3O. The lowest BCUT2D eigenvalue weighted by atomic mass is 9.84. The van der Waals surface area contributed by atoms with Crippen molar-refractivity contribution in [3.05, 3.63) is 36.4 Å². The highest BCUT2D eigenvalue weighted by molar-refractivity contribution is 5.74. The lowest BCUT2D eigenvalue weighted by molar-refractivity contribution is 0.127. The molecule has 27 heavy (non-hydrogen) atoms. The van der Waals surface area contributed by atoms with Gasteiger partial charge in [-0.25, -0.2) is 4.79 Å². The number of anilines is 1. The third-order valence-corrected chi connectivity index (χ3v) is 5.77. The van der Waals surface area contributed by atoms with Crippen LogP contribution in [0.25, 0.3) is 6.08 Å². The van der Waals surface area contributed by atoms with Crippen molar-refractivity contribution in [1.29, 1.82) is 0 Å². The molecule has 0 aromatic heterocycles. The molecule has 0 saturated carbocycles. The van der Waals surface area contributed by atoms with Gasteiger partial charge in [0, 0.05) is 37.4 Å². The molecule has 1 aliphatic heterocycles. The predicted octanol–water partition coefficient (Wildman–Crippen LogP) is 5.62. The van der Waals surface area contributed by atoms with Crippen LogP contribution in [-0.2, 0) is 0 Å². The first-order chi connectivity index (χ1) is 13.1. The molecule has 0 bridgehead atoms. The molecule has 4 nitrogen and oxygen atoms in total. The van der Waals surface area contributed by atoms with Crippen molar-refractivity contribution in [2.45, 2.75) is 64.8 Å². The van der Waals surface area contributed by atoms with Gasteiger partial charge in [-0.15, -0.1) is 0 Å². The first-order valence-electron chi connectivity index (χ1n) is 10.6. The van der Waals surface area contributed by atoms with Crippen molar-refractivity contribution in [2.75, 3.05) is 31.5 Å². The van der Waals surface area contributed by atoms with Crippen LogP contribution in [0.3, 0.4) is 0 Å². The van der Waals surface area contributed by atoms with Crippen molar-refractivity contribution in [2.24, 2.45) is 0 Å². The number of urea groups is 1. The Hall–Kier alpha value is -1.97. The maximum Gasteiger partial charge on any atom is 0.319 e. The molecule has 0 unspecified atom stereocenters. The molecule has 0 atom stereocenters. The molecule has 0 aliphatic carbocycles. The number of benzene rings is 1. The minimum Gasteiger partial charge on any atom is -0.379 e. The van der Waals surface area contributed by atoms with Crippen LogP contribution in [0.1, 0.15) is 64.9 Å². The Morgan fingerprint density at radius 3 is 2.33 bits per heavy atom. The topological polar surface area (TPSA) is 35.6 Å². The normalized spacial score (nSPS) is 16.0. The summed E-state index contributed by atoms with van der Waals surface area (Å²) in [5.74, 6) is 0. The van der Waals surface area contributed by atoms with E-state index in [9.17, 15) is 4.79 Å². The Morgan fingerprint density at radius 1 is 1.15 bits per heavy atom. The zero-order valence-corrected chi connectivity index (χ0v) is 17.5. The number of hydrogen-bond acceptors (Lipinski definition) is 2. The summed E-state index contributed by atoms with van der Waals surface area (Å²) in [6.45, 7) is 13.8. The number of carbonyl (C=O) groups is 1. The van der Waals surface area contributed by atoms with E-state index >= 15 is 0 Å². The number of piperidine rings is 1. The zero-order valence-electron chi connectivity index (χ0n) is 17.5. The number of nitrogens with one attached hydrogen (secondary N) is 1. The highest BCUT2D eigenvalue weighted by atomic mass is 16.2. The molecular weight excluding hydrogens is 334 g/mol. The van der Waals surface area contributed by atoms with Crippen molar-refractivity contribution in [3.8, 4) is 0 Å². The largest absolute Gasteiger partial charge is 0.379 e. The van der Waals surface area contributed by atoms with Gasteiger partial charge in [-0.05, 0) is 49.8 Å². The van der Waals surface area contributed by atoms with Gasteiger partial charge in [0.1, 0.15) is 0 Å². The van der Waals surface area contributed by atoms with Gasteiger partial charge in [-0.1, -0.05) is 52.0 Å². The van der Waals surface area contributed by atoms with Crippen LogP contribution in [0, 0.1) is 0 Å². The van der Waals surface area contributed by atoms with E-state index in [1.165, 1.54) is 0 Å². The Labute approximate surface area is 165 Å². The highest BCUT2D eigenvalue weighted by Crippen LogP contribution is 2.30. The Kier molecular flexibility index (Phi) is 8.21. The second kappa shape index (κ2) is 10.4. The van der Waals surface area contributed by atoms with E-state index < -0.39 is 0 Å².